The predicted octanol–water partition coefficient (Wildman–Crippen LogP) is 9.68. The number of benzene rings is 4. The van der Waals surface area contributed by atoms with Gasteiger partial charge in [-0.3, -0.25) is 9.59 Å². The number of phenolic OH excluding ortho intramolecular Hbond substituents is 1. The van der Waals surface area contributed by atoms with Crippen LogP contribution in [0.15, 0.2) is 107 Å². The van der Waals surface area contributed by atoms with Crippen molar-refractivity contribution in [2.24, 2.45) is 5.92 Å². The predicted molar refractivity (Wildman–Crippen MR) is 226 cm³/mol. The number of aromatic hydroxyl groups is 1. The van der Waals surface area contributed by atoms with Crippen molar-refractivity contribution in [3.8, 4) is 17.2 Å². The zero-order chi connectivity index (χ0) is 41.9. The number of carbonyl (C=O) groups is 4. The second-order valence-electron chi connectivity index (χ2n) is 15.2. The Hall–Kier alpha value is -6.53. The van der Waals surface area contributed by atoms with Crippen LogP contribution in [0.1, 0.15) is 112 Å². The number of carboxylic acid groups (broad SMARTS) is 1. The van der Waals surface area contributed by atoms with Crippen LogP contribution in [0.5, 0.6) is 17.2 Å². The molecule has 8 rings (SSSR count). The second-order valence-corrected chi connectivity index (χ2v) is 16.0. The van der Waals surface area contributed by atoms with E-state index in [0.717, 1.165) is 71.7 Å². The molecule has 2 aliphatic heterocycles. The van der Waals surface area contributed by atoms with E-state index < -0.39 is 52.2 Å². The Morgan fingerprint density at radius 2 is 1.40 bits per heavy atom. The molecule has 1 aliphatic carbocycles. The number of nitrogens with one attached hydrogen (secondary N) is 2. The largest absolute Gasteiger partial charge is 0.507 e. The number of hydrogen-bond donors (Lipinski definition) is 4. The van der Waals surface area contributed by atoms with Crippen molar-refractivity contribution in [3.05, 3.63) is 152 Å². The highest BCUT2D eigenvalue weighted by Gasteiger charge is 2.37. The van der Waals surface area contributed by atoms with Crippen LogP contribution in [0.3, 0.4) is 0 Å². The highest BCUT2D eigenvalue weighted by atomic mass is 32.1. The lowest BCUT2D eigenvalue weighted by molar-refractivity contribution is -0.121. The van der Waals surface area contributed by atoms with Crippen molar-refractivity contribution in [3.63, 3.8) is 0 Å². The second kappa shape index (κ2) is 17.4. The third-order valence-corrected chi connectivity index (χ3v) is 12.2. The summed E-state index contributed by atoms with van der Waals surface area (Å²) < 4.78 is 27.9. The van der Waals surface area contributed by atoms with Crippen LogP contribution in [0.25, 0.3) is 16.8 Å². The maximum atomic E-state index is 16.4. The van der Waals surface area contributed by atoms with E-state index in [4.69, 9.17) is 9.47 Å². The number of thiophene rings is 1. The van der Waals surface area contributed by atoms with Crippen LogP contribution in [0.4, 0.5) is 4.39 Å². The maximum Gasteiger partial charge on any atom is 0.350 e. The van der Waals surface area contributed by atoms with Crippen molar-refractivity contribution in [1.82, 2.24) is 10.6 Å². The molecule has 12 heteroatoms. The lowest BCUT2D eigenvalue weighted by Crippen LogP contribution is -2.35. The van der Waals surface area contributed by atoms with Crippen LogP contribution in [-0.2, 0) is 9.59 Å². The van der Waals surface area contributed by atoms with Crippen LogP contribution < -0.4 is 20.1 Å². The molecule has 2 unspecified atom stereocenters. The number of amides is 2. The Morgan fingerprint density at radius 3 is 2.03 bits per heavy atom. The number of hydrogen-bond acceptors (Lipinski definition) is 8. The highest BCUT2D eigenvalue weighted by molar-refractivity contribution is 7.08. The average Bonchev–Trinajstić information content (AvgIpc) is 3.78. The lowest BCUT2D eigenvalue weighted by Gasteiger charge is -2.34. The minimum atomic E-state index is -1.48. The molecule has 1 saturated carbocycles. The highest BCUT2D eigenvalue weighted by Crippen LogP contribution is 2.47. The number of rotatable bonds is 11. The Kier molecular flexibility index (Phi) is 11.7. The van der Waals surface area contributed by atoms with Gasteiger partial charge in [0, 0.05) is 30.4 Å². The molecule has 0 bridgehead atoms. The van der Waals surface area contributed by atoms with Crippen LogP contribution >= 0.6 is 11.3 Å². The van der Waals surface area contributed by atoms with Crippen molar-refractivity contribution in [2.45, 2.75) is 63.7 Å². The summed E-state index contributed by atoms with van der Waals surface area (Å²) in [5.74, 6) is -6.90. The average molecular weight is 827 g/mol. The molecule has 10 nitrogen and oxygen atoms in total. The van der Waals surface area contributed by atoms with Crippen molar-refractivity contribution >= 4 is 51.9 Å². The summed E-state index contributed by atoms with van der Waals surface area (Å²) in [7, 11) is 0. The Bertz CT molecular complexity index is 2500. The normalized spacial score (nSPS) is 18.5. The number of allylic oxidation sites excluding steroid dienone is 3. The lowest BCUT2D eigenvalue weighted by atomic mass is 9.76. The Morgan fingerprint density at radius 1 is 0.767 bits per heavy atom. The fraction of sp³-hybridized carbons (Fsp3) is 0.250. The topological polar surface area (TPSA) is 151 Å². The molecule has 0 saturated heterocycles. The summed E-state index contributed by atoms with van der Waals surface area (Å²) >= 11 is 1.50. The molecule has 0 radical (unpaired) electrons. The third kappa shape index (κ3) is 8.07. The number of carbonyl (C=O) groups excluding carboxylic acids is 3. The minimum Gasteiger partial charge on any atom is -0.507 e. The first kappa shape index (κ1) is 40.3. The molecule has 2 atom stereocenters. The monoisotopic (exact) mass is 826 g/mol. The van der Waals surface area contributed by atoms with Gasteiger partial charge < -0.3 is 30.3 Å². The molecular formula is C48H43FN2O8S. The van der Waals surface area contributed by atoms with E-state index in [-0.39, 0.29) is 42.9 Å². The van der Waals surface area contributed by atoms with E-state index in [1.807, 2.05) is 77.5 Å². The van der Waals surface area contributed by atoms with Gasteiger partial charge in [-0.25, -0.2) is 14.0 Å². The van der Waals surface area contributed by atoms with Gasteiger partial charge in [-0.1, -0.05) is 79.9 Å². The summed E-state index contributed by atoms with van der Waals surface area (Å²) in [6.07, 6.45) is 4.98. The molecule has 0 spiro atoms. The number of halogens is 1. The van der Waals surface area contributed by atoms with Crippen molar-refractivity contribution in [1.29, 1.82) is 0 Å². The first-order valence-corrected chi connectivity index (χ1v) is 21.0. The molecular weight excluding hydrogens is 784 g/mol. The van der Waals surface area contributed by atoms with Crippen LogP contribution in [0, 0.1) is 11.7 Å². The number of phenols is 1. The Balaban J connectivity index is 1.20. The number of esters is 1. The van der Waals surface area contributed by atoms with Gasteiger partial charge in [-0.05, 0) is 106 Å². The molecule has 4 N–H and O–H groups in total. The van der Waals surface area contributed by atoms with Crippen LogP contribution in [0.2, 0.25) is 0 Å². The fourth-order valence-corrected chi connectivity index (χ4v) is 9.51. The van der Waals surface area contributed by atoms with Gasteiger partial charge in [-0.15, -0.1) is 0 Å². The van der Waals surface area contributed by atoms with Gasteiger partial charge in [0.1, 0.15) is 34.2 Å². The molecule has 4 aromatic carbocycles. The van der Waals surface area contributed by atoms with Gasteiger partial charge in [0.05, 0.1) is 12.3 Å². The van der Waals surface area contributed by atoms with E-state index >= 15 is 4.39 Å². The smallest absolute Gasteiger partial charge is 0.350 e. The minimum absolute atomic E-state index is 0.00361. The molecule has 1 fully saturated rings. The molecule has 60 heavy (non-hydrogen) atoms. The first-order valence-electron chi connectivity index (χ1n) is 20.1. The quantitative estimate of drug-likeness (QED) is 0.0760. The van der Waals surface area contributed by atoms with Gasteiger partial charge in [0.25, 0.3) is 0 Å². The maximum absolute atomic E-state index is 16.4. The SMILES string of the molecule is CCOc1cc(C2CC(=O)NC(c3ccccc3)=C2c2ccccc2)cc(OC(=O)c2c(O)cc(C3CC(=O)NC(C4CCCCC4)=C3c3ccsc3)cc2F)c1C(=O)O. The fourth-order valence-electron chi connectivity index (χ4n) is 8.85. The third-order valence-electron chi connectivity index (χ3n) is 11.5. The van der Waals surface area contributed by atoms with Gasteiger partial charge >= 0.3 is 11.9 Å². The van der Waals surface area contributed by atoms with E-state index in [9.17, 15) is 29.4 Å². The van der Waals surface area contributed by atoms with E-state index in [1.165, 1.54) is 29.5 Å². The summed E-state index contributed by atoms with van der Waals surface area (Å²) in [4.78, 5) is 53.5. The summed E-state index contributed by atoms with van der Waals surface area (Å²) in [5.41, 5.74) is 4.85. The van der Waals surface area contributed by atoms with Crippen LogP contribution in [-0.4, -0.2) is 40.6 Å². The van der Waals surface area contributed by atoms with Gasteiger partial charge in [0.15, 0.2) is 0 Å². The molecule has 2 amide bonds. The Labute approximate surface area is 350 Å². The zero-order valence-corrected chi connectivity index (χ0v) is 33.7. The summed E-state index contributed by atoms with van der Waals surface area (Å²) in [6.45, 7) is 1.72. The molecule has 3 aliphatic rings. The standard InChI is InChI=1S/C48H43FN2O8S/c1-2-58-37-22-32(34-25-40(54)50-45(28-14-8-4-9-15-28)41(34)27-12-6-3-7-13-27)23-38(44(37)47(55)56)59-48(57)43-35(49)20-31(21-36(43)52)33-24-39(53)51-46(29-16-10-5-11-17-29)42(33)30-18-19-60-26-30/h3-4,6-9,12-15,18-23,26,29,33-34,52H,2,5,10-11,16-17,24-25H2,1H3,(H,50,54)(H,51,53)(H,55,56). The summed E-state index contributed by atoms with van der Waals surface area (Å²) in [6, 6.07) is 26.0. The van der Waals surface area contributed by atoms with Gasteiger partial charge in [-0.2, -0.15) is 11.3 Å². The van der Waals surface area contributed by atoms with Crippen molar-refractivity contribution in [2.75, 3.05) is 6.61 Å². The molecule has 1 aromatic heterocycles. The molecule has 306 valence electrons. The number of ether oxygens (including phenoxy) is 2. The van der Waals surface area contributed by atoms with E-state index in [1.54, 1.807) is 6.92 Å². The summed E-state index contributed by atoms with van der Waals surface area (Å²) in [5, 5.41) is 31.9. The number of carboxylic acids is 1. The van der Waals surface area contributed by atoms with Crippen molar-refractivity contribution < 1.29 is 43.3 Å². The van der Waals surface area contributed by atoms with Gasteiger partial charge in [0.2, 0.25) is 11.8 Å². The number of aromatic carboxylic acids is 1. The van der Waals surface area contributed by atoms with E-state index in [2.05, 4.69) is 10.6 Å². The van der Waals surface area contributed by atoms with E-state index in [0.29, 0.717) is 16.8 Å². The molecule has 3 heterocycles. The first-order chi connectivity index (χ1) is 29.1. The zero-order valence-electron chi connectivity index (χ0n) is 32.8. The molecule has 5 aromatic rings.